The van der Waals surface area contributed by atoms with Gasteiger partial charge in [0.1, 0.15) is 5.75 Å². The molecule has 0 saturated carbocycles. The monoisotopic (exact) mass is 242 g/mol. The highest BCUT2D eigenvalue weighted by Gasteiger charge is 2.16. The van der Waals surface area contributed by atoms with Crippen LogP contribution in [0.5, 0.6) is 5.75 Å². The Labute approximate surface area is 108 Å². The molecule has 0 fully saturated rings. The number of hydrogen-bond acceptors (Lipinski definition) is 3. The van der Waals surface area contributed by atoms with Gasteiger partial charge in [0.05, 0.1) is 13.2 Å². The first-order chi connectivity index (χ1) is 8.76. The minimum Gasteiger partial charge on any atom is -0.496 e. The molecule has 3 heteroatoms. The van der Waals surface area contributed by atoms with Gasteiger partial charge in [-0.3, -0.25) is 4.98 Å². The van der Waals surface area contributed by atoms with Gasteiger partial charge in [0.2, 0.25) is 0 Å². The second-order valence-electron chi connectivity index (χ2n) is 4.25. The number of nitrogens with one attached hydrogen (secondary N) is 1. The molecule has 0 radical (unpaired) electrons. The fraction of sp³-hybridized carbons (Fsp3) is 0.267. The Morgan fingerprint density at radius 2 is 2.11 bits per heavy atom. The van der Waals surface area contributed by atoms with E-state index in [4.69, 9.17) is 4.74 Å². The zero-order valence-electron chi connectivity index (χ0n) is 11.0. The topological polar surface area (TPSA) is 34.2 Å². The zero-order valence-corrected chi connectivity index (χ0v) is 11.0. The van der Waals surface area contributed by atoms with Gasteiger partial charge < -0.3 is 10.1 Å². The number of ether oxygens (including phenoxy) is 1. The van der Waals surface area contributed by atoms with E-state index in [1.165, 1.54) is 5.56 Å². The lowest BCUT2D eigenvalue weighted by Gasteiger charge is -2.19. The molecule has 94 valence electrons. The standard InChI is InChI=1S/C15H18N2O/c1-11-6-7-13(14(9-11)18-3)15(16-2)12-5-4-8-17-10-12/h4-10,15-16H,1-3H3. The second kappa shape index (κ2) is 5.65. The maximum atomic E-state index is 5.47. The Balaban J connectivity index is 2.45. The summed E-state index contributed by atoms with van der Waals surface area (Å²) in [5, 5.41) is 3.31. The first-order valence-electron chi connectivity index (χ1n) is 5.98. The Morgan fingerprint density at radius 1 is 1.28 bits per heavy atom. The predicted octanol–water partition coefficient (Wildman–Crippen LogP) is 2.71. The van der Waals surface area contributed by atoms with Crippen LogP contribution < -0.4 is 10.1 Å². The van der Waals surface area contributed by atoms with E-state index in [0.29, 0.717) is 0 Å². The van der Waals surface area contributed by atoms with Crippen LogP contribution in [0, 0.1) is 6.92 Å². The van der Waals surface area contributed by atoms with Crippen molar-refractivity contribution in [3.63, 3.8) is 0 Å². The molecule has 2 rings (SSSR count). The molecule has 1 aromatic carbocycles. The van der Waals surface area contributed by atoms with E-state index < -0.39 is 0 Å². The molecule has 3 nitrogen and oxygen atoms in total. The van der Waals surface area contributed by atoms with E-state index in [1.54, 1.807) is 13.3 Å². The molecule has 0 spiro atoms. The van der Waals surface area contributed by atoms with Crippen molar-refractivity contribution in [2.45, 2.75) is 13.0 Å². The van der Waals surface area contributed by atoms with Crippen molar-refractivity contribution < 1.29 is 4.74 Å². The summed E-state index contributed by atoms with van der Waals surface area (Å²) in [4.78, 5) is 4.17. The third-order valence-electron chi connectivity index (χ3n) is 3.01. The molecule has 1 atom stereocenters. The van der Waals surface area contributed by atoms with Gasteiger partial charge in [0.15, 0.2) is 0 Å². The van der Waals surface area contributed by atoms with Crippen LogP contribution in [-0.4, -0.2) is 19.1 Å². The summed E-state index contributed by atoms with van der Waals surface area (Å²) in [6.07, 6.45) is 3.66. The molecule has 0 saturated heterocycles. The molecule has 1 unspecified atom stereocenters. The number of aryl methyl sites for hydroxylation is 1. The molecule has 0 aliphatic carbocycles. The van der Waals surface area contributed by atoms with Gasteiger partial charge in [0, 0.05) is 18.0 Å². The summed E-state index contributed by atoms with van der Waals surface area (Å²) in [7, 11) is 3.64. The summed E-state index contributed by atoms with van der Waals surface area (Å²) in [6.45, 7) is 2.06. The Morgan fingerprint density at radius 3 is 2.72 bits per heavy atom. The quantitative estimate of drug-likeness (QED) is 0.895. The van der Waals surface area contributed by atoms with Crippen molar-refractivity contribution in [3.8, 4) is 5.75 Å². The number of aromatic nitrogens is 1. The lowest BCUT2D eigenvalue weighted by atomic mass is 9.98. The SMILES string of the molecule is CNC(c1cccnc1)c1ccc(C)cc1OC. The van der Waals surface area contributed by atoms with Crippen LogP contribution in [0.1, 0.15) is 22.7 Å². The maximum absolute atomic E-state index is 5.47. The molecule has 1 aromatic heterocycles. The van der Waals surface area contributed by atoms with E-state index in [2.05, 4.69) is 41.5 Å². The van der Waals surface area contributed by atoms with Crippen molar-refractivity contribution in [2.75, 3.05) is 14.2 Å². The maximum Gasteiger partial charge on any atom is 0.124 e. The number of methoxy groups -OCH3 is 1. The summed E-state index contributed by atoms with van der Waals surface area (Å²) < 4.78 is 5.47. The van der Waals surface area contributed by atoms with Crippen molar-refractivity contribution in [3.05, 3.63) is 59.4 Å². The average Bonchev–Trinajstić information content (AvgIpc) is 2.42. The first kappa shape index (κ1) is 12.6. The Bertz CT molecular complexity index is 511. The van der Waals surface area contributed by atoms with Crippen LogP contribution in [0.3, 0.4) is 0 Å². The number of rotatable bonds is 4. The molecule has 2 aromatic rings. The first-order valence-corrected chi connectivity index (χ1v) is 5.98. The molecule has 0 amide bonds. The van der Waals surface area contributed by atoms with Crippen molar-refractivity contribution in [1.82, 2.24) is 10.3 Å². The molecular weight excluding hydrogens is 224 g/mol. The van der Waals surface area contributed by atoms with Crippen molar-refractivity contribution in [2.24, 2.45) is 0 Å². The number of nitrogens with zero attached hydrogens (tertiary/aromatic N) is 1. The molecule has 0 aliphatic rings. The Kier molecular flexibility index (Phi) is 3.95. The summed E-state index contributed by atoms with van der Waals surface area (Å²) >= 11 is 0. The number of pyridine rings is 1. The van der Waals surface area contributed by atoms with Gasteiger partial charge in [0.25, 0.3) is 0 Å². The van der Waals surface area contributed by atoms with Crippen LogP contribution >= 0.6 is 0 Å². The van der Waals surface area contributed by atoms with Crippen molar-refractivity contribution in [1.29, 1.82) is 0 Å². The van der Waals surface area contributed by atoms with E-state index in [1.807, 2.05) is 19.3 Å². The highest BCUT2D eigenvalue weighted by atomic mass is 16.5. The van der Waals surface area contributed by atoms with Crippen LogP contribution in [0.2, 0.25) is 0 Å². The second-order valence-corrected chi connectivity index (χ2v) is 4.25. The number of benzene rings is 1. The number of hydrogen-bond donors (Lipinski definition) is 1. The van der Waals surface area contributed by atoms with Gasteiger partial charge in [-0.25, -0.2) is 0 Å². The fourth-order valence-electron chi connectivity index (χ4n) is 2.11. The predicted molar refractivity (Wildman–Crippen MR) is 72.9 cm³/mol. The summed E-state index contributed by atoms with van der Waals surface area (Å²) in [5.41, 5.74) is 3.44. The van der Waals surface area contributed by atoms with Gasteiger partial charge in [-0.1, -0.05) is 18.2 Å². The van der Waals surface area contributed by atoms with Gasteiger partial charge in [-0.05, 0) is 37.2 Å². The van der Waals surface area contributed by atoms with E-state index in [9.17, 15) is 0 Å². The summed E-state index contributed by atoms with van der Waals surface area (Å²) in [6, 6.07) is 10.3. The fourth-order valence-corrected chi connectivity index (χ4v) is 2.11. The third kappa shape index (κ3) is 2.51. The largest absolute Gasteiger partial charge is 0.496 e. The van der Waals surface area contributed by atoms with E-state index in [0.717, 1.165) is 16.9 Å². The van der Waals surface area contributed by atoms with Crippen LogP contribution in [0.25, 0.3) is 0 Å². The molecule has 1 heterocycles. The van der Waals surface area contributed by atoms with E-state index in [-0.39, 0.29) is 6.04 Å². The minimum absolute atomic E-state index is 0.0919. The Hall–Kier alpha value is -1.87. The van der Waals surface area contributed by atoms with Gasteiger partial charge >= 0.3 is 0 Å². The van der Waals surface area contributed by atoms with Gasteiger partial charge in [-0.2, -0.15) is 0 Å². The van der Waals surface area contributed by atoms with Crippen molar-refractivity contribution >= 4 is 0 Å². The highest BCUT2D eigenvalue weighted by Crippen LogP contribution is 2.30. The highest BCUT2D eigenvalue weighted by molar-refractivity contribution is 5.43. The van der Waals surface area contributed by atoms with Crippen LogP contribution in [0.15, 0.2) is 42.7 Å². The smallest absolute Gasteiger partial charge is 0.124 e. The third-order valence-corrected chi connectivity index (χ3v) is 3.01. The normalized spacial score (nSPS) is 12.2. The molecule has 0 bridgehead atoms. The lowest BCUT2D eigenvalue weighted by molar-refractivity contribution is 0.405. The molecular formula is C15H18N2O. The minimum atomic E-state index is 0.0919. The molecule has 18 heavy (non-hydrogen) atoms. The molecule has 1 N–H and O–H groups in total. The molecule has 0 aliphatic heterocycles. The van der Waals surface area contributed by atoms with Crippen LogP contribution in [-0.2, 0) is 0 Å². The van der Waals surface area contributed by atoms with Gasteiger partial charge in [-0.15, -0.1) is 0 Å². The lowest BCUT2D eigenvalue weighted by Crippen LogP contribution is -2.18. The van der Waals surface area contributed by atoms with E-state index >= 15 is 0 Å². The average molecular weight is 242 g/mol. The zero-order chi connectivity index (χ0) is 13.0. The van der Waals surface area contributed by atoms with Crippen LogP contribution in [0.4, 0.5) is 0 Å². The summed E-state index contributed by atoms with van der Waals surface area (Å²) in [5.74, 6) is 0.901.